The second kappa shape index (κ2) is 5.30. The largest absolute Gasteiger partial charge is 0.392 e. The zero-order valence-electron chi connectivity index (χ0n) is 10.1. The van der Waals surface area contributed by atoms with Gasteiger partial charge in [-0.05, 0) is 18.8 Å². The molecule has 1 aromatic rings. The van der Waals surface area contributed by atoms with Crippen LogP contribution in [-0.4, -0.2) is 19.4 Å². The number of rotatable bonds is 5. The molecule has 1 unspecified atom stereocenters. The minimum absolute atomic E-state index is 0.0751. The molecular formula is C11H11F3N2O2S2. The van der Waals surface area contributed by atoms with Crippen LogP contribution in [-0.2, 0) is 10.0 Å². The van der Waals surface area contributed by atoms with Crippen molar-refractivity contribution in [2.75, 3.05) is 0 Å². The molecule has 0 spiro atoms. The molecule has 20 heavy (non-hydrogen) atoms. The van der Waals surface area contributed by atoms with Gasteiger partial charge in [0.05, 0.1) is 11.0 Å². The Morgan fingerprint density at radius 3 is 2.20 bits per heavy atom. The van der Waals surface area contributed by atoms with Crippen LogP contribution in [0.1, 0.15) is 12.8 Å². The first kappa shape index (κ1) is 15.2. The second-order valence-electron chi connectivity index (χ2n) is 4.54. The Balaban J connectivity index is 2.38. The molecule has 1 saturated carbocycles. The Hall–Kier alpha value is -1.19. The van der Waals surface area contributed by atoms with E-state index in [2.05, 4.69) is 4.72 Å². The maximum atomic E-state index is 13.5. The lowest BCUT2D eigenvalue weighted by molar-refractivity contribution is 0.491. The summed E-state index contributed by atoms with van der Waals surface area (Å²) in [5, 5.41) is 0. The molecule has 1 aliphatic carbocycles. The Kier molecular flexibility index (Phi) is 4.03. The van der Waals surface area contributed by atoms with Crippen LogP contribution in [0.3, 0.4) is 0 Å². The van der Waals surface area contributed by atoms with Gasteiger partial charge in [-0.3, -0.25) is 0 Å². The highest BCUT2D eigenvalue weighted by Crippen LogP contribution is 2.34. The van der Waals surface area contributed by atoms with Crippen LogP contribution in [0.15, 0.2) is 17.0 Å². The van der Waals surface area contributed by atoms with E-state index in [1.54, 1.807) is 0 Å². The molecule has 0 aliphatic heterocycles. The summed E-state index contributed by atoms with van der Waals surface area (Å²) in [4.78, 5) is -1.33. The first-order chi connectivity index (χ1) is 9.22. The van der Waals surface area contributed by atoms with Gasteiger partial charge in [0.2, 0.25) is 10.0 Å². The summed E-state index contributed by atoms with van der Waals surface area (Å²) in [6, 6.07) is -0.270. The van der Waals surface area contributed by atoms with E-state index in [1.165, 1.54) is 0 Å². The molecule has 0 amide bonds. The summed E-state index contributed by atoms with van der Waals surface area (Å²) in [5.41, 5.74) is 5.42. The van der Waals surface area contributed by atoms with Crippen LogP contribution in [0.25, 0.3) is 0 Å². The maximum Gasteiger partial charge on any atom is 0.247 e. The normalized spacial score (nSPS) is 16.9. The van der Waals surface area contributed by atoms with Crippen LogP contribution in [0.5, 0.6) is 0 Å². The molecule has 1 atom stereocenters. The highest BCUT2D eigenvalue weighted by Gasteiger charge is 2.37. The molecular weight excluding hydrogens is 313 g/mol. The van der Waals surface area contributed by atoms with E-state index in [0.29, 0.717) is 12.1 Å². The molecule has 0 radical (unpaired) electrons. The van der Waals surface area contributed by atoms with Crippen LogP contribution in [0, 0.1) is 23.4 Å². The standard InChI is InChI=1S/C11H11F3N2O2S2/c12-6-3-7(13)10(8(14)4-6)20(17,18)16-9(11(15)19)5-1-2-5/h3-5,9,16H,1-2H2,(H2,15,19). The van der Waals surface area contributed by atoms with E-state index < -0.39 is 38.4 Å². The van der Waals surface area contributed by atoms with Gasteiger partial charge in [-0.25, -0.2) is 26.3 Å². The number of hydrogen-bond acceptors (Lipinski definition) is 3. The zero-order valence-corrected chi connectivity index (χ0v) is 11.7. The van der Waals surface area contributed by atoms with Crippen molar-refractivity contribution in [2.45, 2.75) is 23.8 Å². The van der Waals surface area contributed by atoms with Gasteiger partial charge >= 0.3 is 0 Å². The monoisotopic (exact) mass is 324 g/mol. The average Bonchev–Trinajstić information content (AvgIpc) is 3.07. The minimum Gasteiger partial charge on any atom is -0.392 e. The highest BCUT2D eigenvalue weighted by molar-refractivity contribution is 7.89. The number of hydrogen-bond donors (Lipinski definition) is 2. The number of nitrogens with one attached hydrogen (secondary N) is 1. The second-order valence-corrected chi connectivity index (χ2v) is 6.66. The maximum absolute atomic E-state index is 13.5. The van der Waals surface area contributed by atoms with Crippen molar-refractivity contribution in [3.8, 4) is 0 Å². The predicted molar refractivity (Wildman–Crippen MR) is 69.9 cm³/mol. The third kappa shape index (κ3) is 3.10. The van der Waals surface area contributed by atoms with Crippen molar-refractivity contribution in [3.05, 3.63) is 29.6 Å². The van der Waals surface area contributed by atoms with Gasteiger partial charge in [0.15, 0.2) is 4.90 Å². The molecule has 4 nitrogen and oxygen atoms in total. The van der Waals surface area contributed by atoms with Crippen LogP contribution in [0.2, 0.25) is 0 Å². The zero-order chi connectivity index (χ0) is 15.1. The lowest BCUT2D eigenvalue weighted by atomic mass is 10.2. The van der Waals surface area contributed by atoms with Gasteiger partial charge < -0.3 is 5.73 Å². The first-order valence-corrected chi connectivity index (χ1v) is 7.57. The van der Waals surface area contributed by atoms with Gasteiger partial charge in [0.25, 0.3) is 0 Å². The van der Waals surface area contributed by atoms with Gasteiger partial charge in [-0.15, -0.1) is 0 Å². The average molecular weight is 324 g/mol. The summed E-state index contributed by atoms with van der Waals surface area (Å²) >= 11 is 4.74. The number of benzene rings is 1. The van der Waals surface area contributed by atoms with Crippen molar-refractivity contribution >= 4 is 27.2 Å². The quantitative estimate of drug-likeness (QED) is 0.804. The minimum atomic E-state index is -4.52. The first-order valence-electron chi connectivity index (χ1n) is 5.68. The van der Waals surface area contributed by atoms with Crippen LogP contribution in [0.4, 0.5) is 13.2 Å². The van der Waals surface area contributed by atoms with Crippen molar-refractivity contribution in [3.63, 3.8) is 0 Å². The van der Waals surface area contributed by atoms with Crippen LogP contribution < -0.4 is 10.5 Å². The van der Waals surface area contributed by atoms with E-state index in [9.17, 15) is 21.6 Å². The van der Waals surface area contributed by atoms with Gasteiger partial charge in [0.1, 0.15) is 17.5 Å². The molecule has 1 aliphatic rings. The Bertz CT molecular complexity index is 637. The Labute approximate surface area is 119 Å². The van der Waals surface area contributed by atoms with Gasteiger partial charge in [-0.1, -0.05) is 12.2 Å². The third-order valence-electron chi connectivity index (χ3n) is 2.91. The number of nitrogens with two attached hydrogens (primary N) is 1. The van der Waals surface area contributed by atoms with Crippen molar-refractivity contribution < 1.29 is 21.6 Å². The molecule has 9 heteroatoms. The lowest BCUT2D eigenvalue weighted by Gasteiger charge is -2.17. The molecule has 1 aromatic carbocycles. The molecule has 0 aromatic heterocycles. The van der Waals surface area contributed by atoms with Crippen LogP contribution >= 0.6 is 12.2 Å². The fourth-order valence-corrected chi connectivity index (χ4v) is 3.56. The van der Waals surface area contributed by atoms with Crippen molar-refractivity contribution in [1.29, 1.82) is 0 Å². The summed E-state index contributed by atoms with van der Waals surface area (Å²) in [6.07, 6.45) is 1.44. The Morgan fingerprint density at radius 2 is 1.80 bits per heavy atom. The summed E-state index contributed by atoms with van der Waals surface area (Å²) < 4.78 is 65.9. The Morgan fingerprint density at radius 1 is 1.30 bits per heavy atom. The van der Waals surface area contributed by atoms with Crippen molar-refractivity contribution in [2.24, 2.45) is 11.7 Å². The van der Waals surface area contributed by atoms with Crippen molar-refractivity contribution in [1.82, 2.24) is 4.72 Å². The lowest BCUT2D eigenvalue weighted by Crippen LogP contribution is -2.45. The summed E-state index contributed by atoms with van der Waals surface area (Å²) in [6.45, 7) is 0. The fraction of sp³-hybridized carbons (Fsp3) is 0.364. The molecule has 0 saturated heterocycles. The number of sulfonamides is 1. The fourth-order valence-electron chi connectivity index (χ4n) is 1.83. The number of halogens is 3. The predicted octanol–water partition coefficient (Wildman–Crippen LogP) is 1.45. The SMILES string of the molecule is NC(=S)C(NS(=O)(=O)c1c(F)cc(F)cc1F)C1CC1. The molecule has 1 fully saturated rings. The van der Waals surface area contributed by atoms with E-state index in [-0.39, 0.29) is 10.9 Å². The summed E-state index contributed by atoms with van der Waals surface area (Å²) in [5.74, 6) is -4.29. The summed E-state index contributed by atoms with van der Waals surface area (Å²) in [7, 11) is -4.52. The van der Waals surface area contributed by atoms with E-state index in [4.69, 9.17) is 18.0 Å². The highest BCUT2D eigenvalue weighted by atomic mass is 32.2. The van der Waals surface area contributed by atoms with Gasteiger partial charge in [0, 0.05) is 12.1 Å². The smallest absolute Gasteiger partial charge is 0.247 e. The number of thiocarbonyl (C=S) groups is 1. The third-order valence-corrected chi connectivity index (χ3v) is 4.66. The van der Waals surface area contributed by atoms with Gasteiger partial charge in [-0.2, -0.15) is 0 Å². The molecule has 110 valence electrons. The van der Waals surface area contributed by atoms with E-state index in [0.717, 1.165) is 12.8 Å². The molecule has 0 bridgehead atoms. The topological polar surface area (TPSA) is 72.2 Å². The molecule has 2 rings (SSSR count). The van der Waals surface area contributed by atoms with E-state index >= 15 is 0 Å². The molecule has 0 heterocycles. The van der Waals surface area contributed by atoms with E-state index in [1.807, 2.05) is 0 Å². The molecule has 3 N–H and O–H groups in total.